The van der Waals surface area contributed by atoms with E-state index in [0.717, 1.165) is 25.1 Å². The highest BCUT2D eigenvalue weighted by Gasteiger charge is 2.17. The normalized spacial score (nSPS) is 10.3. The van der Waals surface area contributed by atoms with Crippen molar-refractivity contribution in [1.29, 1.82) is 0 Å². The van der Waals surface area contributed by atoms with Crippen LogP contribution in [0.25, 0.3) is 0 Å². The summed E-state index contributed by atoms with van der Waals surface area (Å²) < 4.78 is 0. The van der Waals surface area contributed by atoms with E-state index < -0.39 is 11.6 Å². The fraction of sp³-hybridized carbons (Fsp3) is 0.222. The molecule has 0 aliphatic rings. The van der Waals surface area contributed by atoms with Crippen molar-refractivity contribution in [2.24, 2.45) is 0 Å². The first-order chi connectivity index (χ1) is 10.2. The van der Waals surface area contributed by atoms with E-state index in [-0.39, 0.29) is 0 Å². The van der Waals surface area contributed by atoms with Crippen LogP contribution in [0.3, 0.4) is 0 Å². The van der Waals surface area contributed by atoms with Crippen molar-refractivity contribution in [3.63, 3.8) is 0 Å². The summed E-state index contributed by atoms with van der Waals surface area (Å²) in [7, 11) is 0. The Bertz CT molecular complexity index is 603. The Hall–Kier alpha value is -2.26. The highest BCUT2D eigenvalue weighted by molar-refractivity contribution is 6.49. The highest BCUT2D eigenvalue weighted by atomic mass is 16.2. The third-order valence-electron chi connectivity index (χ3n) is 3.21. The van der Waals surface area contributed by atoms with Gasteiger partial charge in [-0.25, -0.2) is 0 Å². The highest BCUT2D eigenvalue weighted by Crippen LogP contribution is 2.09. The molecule has 108 valence electrons. The molecule has 0 atom stereocenters. The molecule has 2 aromatic carbocycles. The van der Waals surface area contributed by atoms with Gasteiger partial charge in [0, 0.05) is 17.7 Å². The fourth-order valence-electron chi connectivity index (χ4n) is 2.04. The van der Waals surface area contributed by atoms with Gasteiger partial charge in [-0.3, -0.25) is 9.59 Å². The molecule has 21 heavy (non-hydrogen) atoms. The number of ketones is 2. The minimum atomic E-state index is -0.465. The molecule has 0 bridgehead atoms. The second-order valence-electron chi connectivity index (χ2n) is 4.90. The lowest BCUT2D eigenvalue weighted by Crippen LogP contribution is -2.15. The molecule has 0 fully saturated rings. The number of benzene rings is 2. The zero-order chi connectivity index (χ0) is 15.1. The summed E-state index contributed by atoms with van der Waals surface area (Å²) in [6.07, 6.45) is 1.09. The molecule has 0 saturated carbocycles. The summed E-state index contributed by atoms with van der Waals surface area (Å²) >= 11 is 0. The van der Waals surface area contributed by atoms with Crippen molar-refractivity contribution < 1.29 is 9.59 Å². The van der Waals surface area contributed by atoms with E-state index >= 15 is 0 Å². The van der Waals surface area contributed by atoms with Gasteiger partial charge < -0.3 is 5.32 Å². The molecule has 0 amide bonds. The van der Waals surface area contributed by atoms with Crippen molar-refractivity contribution >= 4 is 11.6 Å². The molecule has 2 rings (SSSR count). The zero-order valence-corrected chi connectivity index (χ0v) is 12.1. The van der Waals surface area contributed by atoms with Gasteiger partial charge in [0.15, 0.2) is 0 Å². The second-order valence-corrected chi connectivity index (χ2v) is 4.90. The van der Waals surface area contributed by atoms with Crippen molar-refractivity contribution in [3.8, 4) is 0 Å². The van der Waals surface area contributed by atoms with Crippen molar-refractivity contribution in [3.05, 3.63) is 71.3 Å². The number of hydrogen-bond donors (Lipinski definition) is 1. The van der Waals surface area contributed by atoms with E-state index in [9.17, 15) is 9.59 Å². The molecule has 2 aromatic rings. The molecule has 0 aliphatic carbocycles. The number of nitrogens with one attached hydrogen (secondary N) is 1. The maximum absolute atomic E-state index is 12.2. The Morgan fingerprint density at radius 1 is 0.857 bits per heavy atom. The van der Waals surface area contributed by atoms with E-state index in [1.54, 1.807) is 36.4 Å². The lowest BCUT2D eigenvalue weighted by molar-refractivity contribution is 0.0817. The van der Waals surface area contributed by atoms with Gasteiger partial charge in [0.05, 0.1) is 0 Å². The largest absolute Gasteiger partial charge is 0.313 e. The molecule has 0 saturated heterocycles. The van der Waals surface area contributed by atoms with Crippen molar-refractivity contribution in [1.82, 2.24) is 5.32 Å². The Kier molecular flexibility index (Phi) is 5.41. The first-order valence-electron chi connectivity index (χ1n) is 7.16. The molecule has 3 nitrogen and oxygen atoms in total. The van der Waals surface area contributed by atoms with Gasteiger partial charge in [0.1, 0.15) is 0 Å². The van der Waals surface area contributed by atoms with Gasteiger partial charge in [-0.15, -0.1) is 0 Å². The SMILES string of the molecule is CCCNCc1ccc(C(=O)C(=O)c2ccccc2)cc1. The van der Waals surface area contributed by atoms with Crippen LogP contribution >= 0.6 is 0 Å². The van der Waals surface area contributed by atoms with Crippen LogP contribution in [0.1, 0.15) is 39.6 Å². The molecule has 0 radical (unpaired) electrons. The zero-order valence-electron chi connectivity index (χ0n) is 12.1. The first-order valence-corrected chi connectivity index (χ1v) is 7.16. The minimum Gasteiger partial charge on any atom is -0.313 e. The molecule has 0 aromatic heterocycles. The Balaban J connectivity index is 2.04. The Morgan fingerprint density at radius 2 is 1.43 bits per heavy atom. The van der Waals surface area contributed by atoms with Crippen LogP contribution in [0.4, 0.5) is 0 Å². The molecule has 3 heteroatoms. The topological polar surface area (TPSA) is 46.2 Å². The fourth-order valence-corrected chi connectivity index (χ4v) is 2.04. The van der Waals surface area contributed by atoms with Crippen LogP contribution in [-0.2, 0) is 6.54 Å². The van der Waals surface area contributed by atoms with Crippen molar-refractivity contribution in [2.75, 3.05) is 6.54 Å². The van der Waals surface area contributed by atoms with E-state index in [4.69, 9.17) is 0 Å². The lowest BCUT2D eigenvalue weighted by Gasteiger charge is -2.05. The quantitative estimate of drug-likeness (QED) is 0.481. The van der Waals surface area contributed by atoms with Crippen LogP contribution in [-0.4, -0.2) is 18.1 Å². The second kappa shape index (κ2) is 7.50. The van der Waals surface area contributed by atoms with Gasteiger partial charge in [0.2, 0.25) is 11.6 Å². The molecule has 0 unspecified atom stereocenters. The lowest BCUT2D eigenvalue weighted by atomic mass is 10.0. The molecular formula is C18H19NO2. The van der Waals surface area contributed by atoms with E-state index in [1.807, 2.05) is 18.2 Å². The van der Waals surface area contributed by atoms with Crippen LogP contribution in [0, 0.1) is 0 Å². The average molecular weight is 281 g/mol. The van der Waals surface area contributed by atoms with Crippen LogP contribution < -0.4 is 5.32 Å². The molecule has 0 spiro atoms. The van der Waals surface area contributed by atoms with Crippen LogP contribution in [0.15, 0.2) is 54.6 Å². The van der Waals surface area contributed by atoms with E-state index in [0.29, 0.717) is 11.1 Å². The number of carbonyl (C=O) groups excluding carboxylic acids is 2. The van der Waals surface area contributed by atoms with Crippen molar-refractivity contribution in [2.45, 2.75) is 19.9 Å². The first kappa shape index (κ1) is 15.1. The van der Waals surface area contributed by atoms with Gasteiger partial charge in [-0.2, -0.15) is 0 Å². The Labute approximate surface area is 125 Å². The molecule has 1 N–H and O–H groups in total. The minimum absolute atomic E-state index is 0.427. The predicted octanol–water partition coefficient (Wildman–Crippen LogP) is 3.25. The molecule has 0 heterocycles. The smallest absolute Gasteiger partial charge is 0.233 e. The van der Waals surface area contributed by atoms with Gasteiger partial charge in [-0.1, -0.05) is 61.5 Å². The van der Waals surface area contributed by atoms with Crippen LogP contribution in [0.2, 0.25) is 0 Å². The maximum atomic E-state index is 12.2. The summed E-state index contributed by atoms with van der Waals surface area (Å²) in [5.74, 6) is -0.929. The summed E-state index contributed by atoms with van der Waals surface area (Å²) in [4.78, 5) is 24.2. The molecule has 0 aliphatic heterocycles. The van der Waals surface area contributed by atoms with Gasteiger partial charge in [0.25, 0.3) is 0 Å². The third-order valence-corrected chi connectivity index (χ3v) is 3.21. The predicted molar refractivity (Wildman–Crippen MR) is 83.5 cm³/mol. The number of Topliss-reactive ketones (excluding diaryl/α,β-unsaturated/α-hetero) is 2. The van der Waals surface area contributed by atoms with Gasteiger partial charge in [-0.05, 0) is 18.5 Å². The molecular weight excluding hydrogens is 262 g/mol. The number of hydrogen-bond acceptors (Lipinski definition) is 3. The number of rotatable bonds is 7. The summed E-state index contributed by atoms with van der Waals surface area (Å²) in [6.45, 7) is 3.85. The van der Waals surface area contributed by atoms with E-state index in [2.05, 4.69) is 12.2 Å². The van der Waals surface area contributed by atoms with E-state index in [1.165, 1.54) is 0 Å². The maximum Gasteiger partial charge on any atom is 0.233 e. The third kappa shape index (κ3) is 4.10. The Morgan fingerprint density at radius 3 is 2.00 bits per heavy atom. The summed E-state index contributed by atoms with van der Waals surface area (Å²) in [5.41, 5.74) is 1.96. The average Bonchev–Trinajstić information content (AvgIpc) is 2.55. The van der Waals surface area contributed by atoms with Gasteiger partial charge >= 0.3 is 0 Å². The monoisotopic (exact) mass is 281 g/mol. The summed E-state index contributed by atoms with van der Waals surface area (Å²) in [5, 5.41) is 3.30. The summed E-state index contributed by atoms with van der Waals surface area (Å²) in [6, 6.07) is 15.8. The standard InChI is InChI=1S/C18H19NO2/c1-2-12-19-13-14-8-10-16(11-9-14)18(21)17(20)15-6-4-3-5-7-15/h3-11,19H,2,12-13H2,1H3. The number of carbonyl (C=O) groups is 2. The van der Waals surface area contributed by atoms with Crippen LogP contribution in [0.5, 0.6) is 0 Å².